The molecule has 0 aliphatic carbocycles. The molecule has 0 saturated carbocycles. The van der Waals surface area contributed by atoms with E-state index in [0.29, 0.717) is 12.2 Å². The van der Waals surface area contributed by atoms with Crippen LogP contribution in [-0.2, 0) is 4.74 Å². The molecule has 1 rings (SSSR count). The molecule has 0 N–H and O–H groups in total. The Morgan fingerprint density at radius 3 is 2.67 bits per heavy atom. The summed E-state index contributed by atoms with van der Waals surface area (Å²) in [4.78, 5) is 18.8. The second-order valence-corrected chi connectivity index (χ2v) is 3.42. The van der Waals surface area contributed by atoms with Crippen molar-refractivity contribution in [3.63, 3.8) is 0 Å². The largest absolute Gasteiger partial charge is 0.462 e. The van der Waals surface area contributed by atoms with Gasteiger partial charge in [0.2, 0.25) is 5.28 Å². The summed E-state index contributed by atoms with van der Waals surface area (Å²) in [5.74, 6) is -0.400. The Hall–Kier alpha value is -1.16. The zero-order valence-electron chi connectivity index (χ0n) is 8.57. The van der Waals surface area contributed by atoms with Crippen LogP contribution in [0.15, 0.2) is 12.4 Å². The number of nitrogens with zero attached hydrogens (tertiary/aromatic N) is 2. The lowest BCUT2D eigenvalue weighted by Crippen LogP contribution is -2.07. The molecule has 0 aromatic carbocycles. The highest BCUT2D eigenvalue weighted by molar-refractivity contribution is 6.28. The SMILES string of the molecule is CCCCCOC(=O)c1cnc(Cl)nc1. The van der Waals surface area contributed by atoms with E-state index in [4.69, 9.17) is 16.3 Å². The molecule has 5 heteroatoms. The number of halogens is 1. The summed E-state index contributed by atoms with van der Waals surface area (Å²) in [6, 6.07) is 0. The standard InChI is InChI=1S/C10H13ClN2O2/c1-2-3-4-5-15-9(14)8-6-12-10(11)13-7-8/h6-7H,2-5H2,1H3. The molecule has 0 saturated heterocycles. The van der Waals surface area contributed by atoms with Crippen LogP contribution in [-0.4, -0.2) is 22.5 Å². The zero-order chi connectivity index (χ0) is 11.1. The summed E-state index contributed by atoms with van der Waals surface area (Å²) in [6.07, 6.45) is 5.76. The van der Waals surface area contributed by atoms with E-state index in [1.807, 2.05) is 0 Å². The van der Waals surface area contributed by atoms with E-state index in [-0.39, 0.29) is 5.28 Å². The minimum absolute atomic E-state index is 0.123. The molecule has 0 spiro atoms. The maximum absolute atomic E-state index is 11.4. The van der Waals surface area contributed by atoms with Gasteiger partial charge in [0.05, 0.1) is 12.2 Å². The van der Waals surface area contributed by atoms with E-state index in [9.17, 15) is 4.79 Å². The van der Waals surface area contributed by atoms with Gasteiger partial charge in [-0.15, -0.1) is 0 Å². The van der Waals surface area contributed by atoms with Crippen LogP contribution >= 0.6 is 11.6 Å². The average Bonchev–Trinajstić information content (AvgIpc) is 2.25. The third kappa shape index (κ3) is 4.25. The Labute approximate surface area is 93.6 Å². The van der Waals surface area contributed by atoms with E-state index in [1.54, 1.807) is 0 Å². The lowest BCUT2D eigenvalue weighted by atomic mass is 10.3. The van der Waals surface area contributed by atoms with Gasteiger partial charge in [0, 0.05) is 12.4 Å². The predicted molar refractivity (Wildman–Crippen MR) is 56.8 cm³/mol. The molecular weight excluding hydrogens is 216 g/mol. The van der Waals surface area contributed by atoms with Crippen molar-refractivity contribution in [2.45, 2.75) is 26.2 Å². The van der Waals surface area contributed by atoms with Gasteiger partial charge in [-0.1, -0.05) is 19.8 Å². The Bertz CT molecular complexity index is 314. The highest BCUT2D eigenvalue weighted by Crippen LogP contribution is 2.03. The van der Waals surface area contributed by atoms with E-state index >= 15 is 0 Å². The molecule has 0 radical (unpaired) electrons. The third-order valence-corrected chi connectivity index (χ3v) is 2.03. The van der Waals surface area contributed by atoms with Crippen LogP contribution in [0.2, 0.25) is 5.28 Å². The minimum Gasteiger partial charge on any atom is -0.462 e. The van der Waals surface area contributed by atoms with Gasteiger partial charge in [-0.2, -0.15) is 0 Å². The van der Waals surface area contributed by atoms with E-state index < -0.39 is 5.97 Å². The fourth-order valence-electron chi connectivity index (χ4n) is 1.02. The molecule has 0 aliphatic rings. The molecule has 1 heterocycles. The second-order valence-electron chi connectivity index (χ2n) is 3.08. The highest BCUT2D eigenvalue weighted by atomic mass is 35.5. The van der Waals surface area contributed by atoms with Crippen molar-refractivity contribution in [2.75, 3.05) is 6.61 Å². The van der Waals surface area contributed by atoms with Crippen LogP contribution in [0.1, 0.15) is 36.5 Å². The van der Waals surface area contributed by atoms with Crippen LogP contribution in [0.5, 0.6) is 0 Å². The molecular formula is C10H13ClN2O2. The van der Waals surface area contributed by atoms with Gasteiger partial charge in [-0.3, -0.25) is 0 Å². The fraction of sp³-hybridized carbons (Fsp3) is 0.500. The number of ether oxygens (including phenoxy) is 1. The molecule has 15 heavy (non-hydrogen) atoms. The second kappa shape index (κ2) is 6.35. The maximum Gasteiger partial charge on any atom is 0.341 e. The summed E-state index contributed by atoms with van der Waals surface area (Å²) in [5, 5.41) is 0.123. The van der Waals surface area contributed by atoms with E-state index in [0.717, 1.165) is 19.3 Å². The monoisotopic (exact) mass is 228 g/mol. The van der Waals surface area contributed by atoms with Gasteiger partial charge in [-0.05, 0) is 18.0 Å². The van der Waals surface area contributed by atoms with Crippen LogP contribution in [0.3, 0.4) is 0 Å². The summed E-state index contributed by atoms with van der Waals surface area (Å²) < 4.78 is 5.01. The number of carbonyl (C=O) groups excluding carboxylic acids is 1. The first-order valence-corrected chi connectivity index (χ1v) is 5.26. The van der Waals surface area contributed by atoms with E-state index in [2.05, 4.69) is 16.9 Å². The van der Waals surface area contributed by atoms with Gasteiger partial charge in [-0.25, -0.2) is 14.8 Å². The number of unbranched alkanes of at least 4 members (excludes halogenated alkanes) is 2. The van der Waals surface area contributed by atoms with Gasteiger partial charge < -0.3 is 4.74 Å². The van der Waals surface area contributed by atoms with Crippen LogP contribution < -0.4 is 0 Å². The normalized spacial score (nSPS) is 10.0. The number of aromatic nitrogens is 2. The molecule has 1 aromatic heterocycles. The molecule has 0 bridgehead atoms. The van der Waals surface area contributed by atoms with Crippen molar-refractivity contribution >= 4 is 17.6 Å². The van der Waals surface area contributed by atoms with Crippen molar-refractivity contribution in [3.8, 4) is 0 Å². The third-order valence-electron chi connectivity index (χ3n) is 1.84. The van der Waals surface area contributed by atoms with Gasteiger partial charge in [0.15, 0.2) is 0 Å². The van der Waals surface area contributed by atoms with Gasteiger partial charge in [0.25, 0.3) is 0 Å². The Morgan fingerprint density at radius 1 is 1.40 bits per heavy atom. The molecule has 0 amide bonds. The number of rotatable bonds is 5. The smallest absolute Gasteiger partial charge is 0.341 e. The Balaban J connectivity index is 2.37. The first-order valence-electron chi connectivity index (χ1n) is 4.88. The molecule has 4 nitrogen and oxygen atoms in total. The predicted octanol–water partition coefficient (Wildman–Crippen LogP) is 2.48. The first-order chi connectivity index (χ1) is 7.24. The summed E-state index contributed by atoms with van der Waals surface area (Å²) in [6.45, 7) is 2.53. The van der Waals surface area contributed by atoms with Crippen molar-refractivity contribution < 1.29 is 9.53 Å². The zero-order valence-corrected chi connectivity index (χ0v) is 9.33. The van der Waals surface area contributed by atoms with Crippen molar-refractivity contribution in [1.82, 2.24) is 9.97 Å². The molecule has 82 valence electrons. The molecule has 0 atom stereocenters. The van der Waals surface area contributed by atoms with Gasteiger partial charge in [0.1, 0.15) is 0 Å². The van der Waals surface area contributed by atoms with Crippen LogP contribution in [0, 0.1) is 0 Å². The van der Waals surface area contributed by atoms with Crippen LogP contribution in [0.4, 0.5) is 0 Å². The molecule has 0 unspecified atom stereocenters. The van der Waals surface area contributed by atoms with Crippen molar-refractivity contribution in [1.29, 1.82) is 0 Å². The van der Waals surface area contributed by atoms with E-state index in [1.165, 1.54) is 12.4 Å². The van der Waals surface area contributed by atoms with Gasteiger partial charge >= 0.3 is 5.97 Å². The summed E-state index contributed by atoms with van der Waals surface area (Å²) >= 11 is 5.49. The highest BCUT2D eigenvalue weighted by Gasteiger charge is 2.07. The summed E-state index contributed by atoms with van der Waals surface area (Å²) in [7, 11) is 0. The molecule has 0 fully saturated rings. The number of hydrogen-bond donors (Lipinski definition) is 0. The quantitative estimate of drug-likeness (QED) is 0.441. The first kappa shape index (κ1) is 11.9. The Morgan fingerprint density at radius 2 is 2.07 bits per heavy atom. The maximum atomic E-state index is 11.4. The fourth-order valence-corrected chi connectivity index (χ4v) is 1.12. The minimum atomic E-state index is -0.400. The van der Waals surface area contributed by atoms with Crippen LogP contribution in [0.25, 0.3) is 0 Å². The van der Waals surface area contributed by atoms with Crippen molar-refractivity contribution in [2.24, 2.45) is 0 Å². The Kier molecular flexibility index (Phi) is 5.04. The lowest BCUT2D eigenvalue weighted by Gasteiger charge is -2.03. The summed E-state index contributed by atoms with van der Waals surface area (Å²) in [5.41, 5.74) is 0.330. The molecule has 0 aliphatic heterocycles. The molecule has 1 aromatic rings. The average molecular weight is 229 g/mol. The topological polar surface area (TPSA) is 52.1 Å². The number of carbonyl (C=O) groups is 1. The van der Waals surface area contributed by atoms with Crippen molar-refractivity contribution in [3.05, 3.63) is 23.2 Å². The lowest BCUT2D eigenvalue weighted by molar-refractivity contribution is 0.0497. The number of hydrogen-bond acceptors (Lipinski definition) is 4. The number of esters is 1.